The number of amides is 1. The van der Waals surface area contributed by atoms with Gasteiger partial charge in [-0.2, -0.15) is 0 Å². The molecule has 0 aliphatic rings. The van der Waals surface area contributed by atoms with Gasteiger partial charge in [0.25, 0.3) is 0 Å². The van der Waals surface area contributed by atoms with Crippen LogP contribution in [0.3, 0.4) is 0 Å². The van der Waals surface area contributed by atoms with Crippen molar-refractivity contribution in [2.24, 2.45) is 5.73 Å². The van der Waals surface area contributed by atoms with Crippen LogP contribution in [-0.4, -0.2) is 10.5 Å². The molecule has 0 saturated heterocycles. The second-order valence-electron chi connectivity index (χ2n) is 4.96. The van der Waals surface area contributed by atoms with E-state index < -0.39 is 0 Å². The topological polar surface area (TPSA) is 48.0 Å². The third-order valence-corrected chi connectivity index (χ3v) is 3.70. The Labute approximate surface area is 117 Å². The average molecular weight is 264 g/mol. The molecule has 3 heteroatoms. The largest absolute Gasteiger partial charge is 0.369 e. The Kier molecular flexibility index (Phi) is 3.03. The first-order chi connectivity index (χ1) is 9.66. The van der Waals surface area contributed by atoms with Gasteiger partial charge in [-0.15, -0.1) is 0 Å². The quantitative estimate of drug-likeness (QED) is 0.775. The van der Waals surface area contributed by atoms with Crippen molar-refractivity contribution in [3.8, 4) is 5.69 Å². The maximum Gasteiger partial charge on any atom is 0.224 e. The smallest absolute Gasteiger partial charge is 0.224 e. The number of nitrogens with zero attached hydrogens (tertiary/aromatic N) is 1. The highest BCUT2D eigenvalue weighted by Gasteiger charge is 2.11. The van der Waals surface area contributed by atoms with Crippen LogP contribution in [0, 0.1) is 0 Å². The van der Waals surface area contributed by atoms with Gasteiger partial charge in [0.2, 0.25) is 5.91 Å². The molecule has 3 aromatic rings. The lowest BCUT2D eigenvalue weighted by atomic mass is 10.0. The van der Waals surface area contributed by atoms with E-state index in [1.54, 1.807) is 0 Å². The SMILES string of the molecule is CC(C(N)=O)c1ccc(-n2ccc3ccccc32)cc1. The Morgan fingerprint density at radius 1 is 1.05 bits per heavy atom. The van der Waals surface area contributed by atoms with E-state index in [1.165, 1.54) is 10.9 Å². The van der Waals surface area contributed by atoms with Crippen LogP contribution in [0.2, 0.25) is 0 Å². The highest BCUT2D eigenvalue weighted by atomic mass is 16.1. The Morgan fingerprint density at radius 2 is 1.75 bits per heavy atom. The highest BCUT2D eigenvalue weighted by Crippen LogP contribution is 2.22. The summed E-state index contributed by atoms with van der Waals surface area (Å²) in [6.45, 7) is 1.82. The van der Waals surface area contributed by atoms with Gasteiger partial charge >= 0.3 is 0 Å². The molecule has 2 N–H and O–H groups in total. The number of carbonyl (C=O) groups excluding carboxylic acids is 1. The normalized spacial score (nSPS) is 12.4. The zero-order chi connectivity index (χ0) is 14.1. The molecule has 1 amide bonds. The average Bonchev–Trinajstić information content (AvgIpc) is 2.90. The van der Waals surface area contributed by atoms with Crippen LogP contribution in [0.15, 0.2) is 60.8 Å². The minimum Gasteiger partial charge on any atom is -0.369 e. The summed E-state index contributed by atoms with van der Waals surface area (Å²) in [5, 5.41) is 1.21. The molecule has 0 aliphatic carbocycles. The van der Waals surface area contributed by atoms with E-state index in [0.29, 0.717) is 0 Å². The van der Waals surface area contributed by atoms with Gasteiger partial charge in [-0.3, -0.25) is 4.79 Å². The Balaban J connectivity index is 2.01. The molecule has 0 fully saturated rings. The summed E-state index contributed by atoms with van der Waals surface area (Å²) in [6.07, 6.45) is 2.05. The van der Waals surface area contributed by atoms with Gasteiger partial charge in [0.15, 0.2) is 0 Å². The number of rotatable bonds is 3. The lowest BCUT2D eigenvalue weighted by molar-refractivity contribution is -0.119. The molecule has 0 aliphatic heterocycles. The zero-order valence-corrected chi connectivity index (χ0v) is 11.3. The Hall–Kier alpha value is -2.55. The summed E-state index contributed by atoms with van der Waals surface area (Å²) in [5.41, 5.74) is 8.52. The molecule has 1 aromatic heterocycles. The fourth-order valence-electron chi connectivity index (χ4n) is 2.40. The van der Waals surface area contributed by atoms with Crippen LogP contribution in [0.4, 0.5) is 0 Å². The second kappa shape index (κ2) is 4.85. The molecule has 1 atom stereocenters. The lowest BCUT2D eigenvalue weighted by Gasteiger charge is -2.10. The minimum absolute atomic E-state index is 0.259. The second-order valence-corrected chi connectivity index (χ2v) is 4.96. The predicted molar refractivity (Wildman–Crippen MR) is 80.9 cm³/mol. The zero-order valence-electron chi connectivity index (χ0n) is 11.3. The van der Waals surface area contributed by atoms with Crippen LogP contribution in [0.25, 0.3) is 16.6 Å². The maximum atomic E-state index is 11.2. The van der Waals surface area contributed by atoms with Crippen molar-refractivity contribution in [3.63, 3.8) is 0 Å². The van der Waals surface area contributed by atoms with E-state index in [0.717, 1.165) is 11.3 Å². The summed E-state index contributed by atoms with van der Waals surface area (Å²) in [6, 6.07) is 18.3. The third kappa shape index (κ3) is 2.07. The number of primary amides is 1. The first-order valence-corrected chi connectivity index (χ1v) is 6.62. The molecule has 3 rings (SSSR count). The van der Waals surface area contributed by atoms with Crippen LogP contribution >= 0.6 is 0 Å². The molecule has 0 bridgehead atoms. The van der Waals surface area contributed by atoms with Crippen LogP contribution < -0.4 is 5.73 Å². The van der Waals surface area contributed by atoms with Gasteiger partial charge in [-0.25, -0.2) is 0 Å². The molecule has 0 spiro atoms. The molecular formula is C17H16N2O. The Morgan fingerprint density at radius 3 is 2.45 bits per heavy atom. The van der Waals surface area contributed by atoms with Crippen molar-refractivity contribution in [2.45, 2.75) is 12.8 Å². The van der Waals surface area contributed by atoms with Crippen molar-refractivity contribution < 1.29 is 4.79 Å². The van der Waals surface area contributed by atoms with Crippen LogP contribution in [-0.2, 0) is 4.79 Å². The van der Waals surface area contributed by atoms with Crippen molar-refractivity contribution >= 4 is 16.8 Å². The molecular weight excluding hydrogens is 248 g/mol. The van der Waals surface area contributed by atoms with Gasteiger partial charge in [0, 0.05) is 11.9 Å². The summed E-state index contributed by atoms with van der Waals surface area (Å²) in [4.78, 5) is 11.2. The maximum absolute atomic E-state index is 11.2. The van der Waals surface area contributed by atoms with E-state index in [4.69, 9.17) is 5.73 Å². The van der Waals surface area contributed by atoms with Crippen molar-refractivity contribution in [1.82, 2.24) is 4.57 Å². The van der Waals surface area contributed by atoms with Gasteiger partial charge in [0.1, 0.15) is 0 Å². The van der Waals surface area contributed by atoms with Crippen LogP contribution in [0.5, 0.6) is 0 Å². The monoisotopic (exact) mass is 264 g/mol. The van der Waals surface area contributed by atoms with E-state index in [9.17, 15) is 4.79 Å². The number of nitrogens with two attached hydrogens (primary N) is 1. The lowest BCUT2D eigenvalue weighted by Crippen LogP contribution is -2.18. The number of para-hydroxylation sites is 1. The van der Waals surface area contributed by atoms with Gasteiger partial charge in [-0.1, -0.05) is 30.3 Å². The van der Waals surface area contributed by atoms with Crippen LogP contribution in [0.1, 0.15) is 18.4 Å². The van der Waals surface area contributed by atoms with Crippen molar-refractivity contribution in [1.29, 1.82) is 0 Å². The summed E-state index contributed by atoms with van der Waals surface area (Å²) in [7, 11) is 0. The molecule has 1 unspecified atom stereocenters. The van der Waals surface area contributed by atoms with Gasteiger partial charge in [0.05, 0.1) is 11.4 Å². The predicted octanol–water partition coefficient (Wildman–Crippen LogP) is 3.22. The van der Waals surface area contributed by atoms with E-state index in [-0.39, 0.29) is 11.8 Å². The van der Waals surface area contributed by atoms with Crippen molar-refractivity contribution in [3.05, 3.63) is 66.4 Å². The number of carbonyl (C=O) groups is 1. The first-order valence-electron chi connectivity index (χ1n) is 6.62. The first kappa shape index (κ1) is 12.5. The number of aromatic nitrogens is 1. The number of hydrogen-bond acceptors (Lipinski definition) is 1. The van der Waals surface area contributed by atoms with Gasteiger partial charge < -0.3 is 10.3 Å². The van der Waals surface area contributed by atoms with E-state index in [1.807, 2.05) is 43.3 Å². The van der Waals surface area contributed by atoms with Gasteiger partial charge in [-0.05, 0) is 42.1 Å². The minimum atomic E-state index is -0.302. The molecule has 20 heavy (non-hydrogen) atoms. The standard InChI is InChI=1S/C17H16N2O/c1-12(17(18)20)13-6-8-15(9-7-13)19-11-10-14-4-2-3-5-16(14)19/h2-12H,1H3,(H2,18,20). The fourth-order valence-corrected chi connectivity index (χ4v) is 2.40. The number of hydrogen-bond donors (Lipinski definition) is 1. The highest BCUT2D eigenvalue weighted by molar-refractivity contribution is 5.82. The Bertz CT molecular complexity index is 756. The molecule has 0 saturated carbocycles. The molecule has 3 nitrogen and oxygen atoms in total. The number of benzene rings is 2. The van der Waals surface area contributed by atoms with Crippen molar-refractivity contribution in [2.75, 3.05) is 0 Å². The number of fused-ring (bicyclic) bond motifs is 1. The summed E-state index contributed by atoms with van der Waals surface area (Å²) >= 11 is 0. The summed E-state index contributed by atoms with van der Waals surface area (Å²) in [5.74, 6) is -0.561. The molecule has 2 aromatic carbocycles. The fraction of sp³-hybridized carbons (Fsp3) is 0.118. The third-order valence-electron chi connectivity index (χ3n) is 3.70. The molecule has 0 radical (unpaired) electrons. The summed E-state index contributed by atoms with van der Waals surface area (Å²) < 4.78 is 2.13. The van der Waals surface area contributed by atoms with E-state index >= 15 is 0 Å². The molecule has 100 valence electrons. The molecule has 1 heterocycles. The van der Waals surface area contributed by atoms with E-state index in [2.05, 4.69) is 29.0 Å².